The first kappa shape index (κ1) is 12.1. The number of aliphatic hydroxyl groups is 1. The van der Waals surface area contributed by atoms with Crippen molar-refractivity contribution in [2.24, 2.45) is 0 Å². The summed E-state index contributed by atoms with van der Waals surface area (Å²) < 4.78 is 0. The Bertz CT molecular complexity index is 286. The summed E-state index contributed by atoms with van der Waals surface area (Å²) in [5, 5.41) is 12.4. The third-order valence-corrected chi connectivity index (χ3v) is 2.30. The van der Waals surface area contributed by atoms with Gasteiger partial charge in [0.2, 0.25) is 5.95 Å². The Morgan fingerprint density at radius 1 is 1.47 bits per heavy atom. The van der Waals surface area contributed by atoms with E-state index in [1.807, 2.05) is 4.90 Å². The van der Waals surface area contributed by atoms with Gasteiger partial charge in [-0.3, -0.25) is 0 Å². The zero-order chi connectivity index (χ0) is 9.80. The van der Waals surface area contributed by atoms with Crippen LogP contribution in [0.15, 0.2) is 12.7 Å². The fourth-order valence-corrected chi connectivity index (χ4v) is 1.57. The molecule has 1 saturated heterocycles. The summed E-state index contributed by atoms with van der Waals surface area (Å²) >= 11 is 0. The molecule has 0 amide bonds. The minimum atomic E-state index is 0. The summed E-state index contributed by atoms with van der Waals surface area (Å²) in [6.45, 7) is 2.58. The normalized spacial score (nSPS) is 20.9. The third-order valence-electron chi connectivity index (χ3n) is 2.30. The van der Waals surface area contributed by atoms with Crippen LogP contribution in [0.1, 0.15) is 0 Å². The summed E-state index contributed by atoms with van der Waals surface area (Å²) in [5.74, 6) is 0.639. The maximum Gasteiger partial charge on any atom is 0.228 e. The van der Waals surface area contributed by atoms with Gasteiger partial charge in [0.15, 0.2) is 0 Å². The Hall–Kier alpha value is -0.980. The number of aliphatic hydroxyl groups excluding tert-OH is 1. The first-order valence-electron chi connectivity index (χ1n) is 4.62. The Morgan fingerprint density at radius 2 is 2.20 bits per heavy atom. The Morgan fingerprint density at radius 3 is 2.87 bits per heavy atom. The highest BCUT2D eigenvalue weighted by atomic mass is 35.5. The van der Waals surface area contributed by atoms with E-state index in [0.717, 1.165) is 19.6 Å². The van der Waals surface area contributed by atoms with Crippen molar-refractivity contribution in [3.63, 3.8) is 0 Å². The molecular weight excluding hydrogens is 218 g/mol. The lowest BCUT2D eigenvalue weighted by Gasteiger charge is -2.34. The standard InChI is InChI=1S/C8H13N5O.ClH/c14-4-7-3-9-1-2-13(7)8-11-5-10-6-12-8;/h5-7,9,14H,1-4H2;1H/t7-;/m1./s1. The minimum absolute atomic E-state index is 0. The van der Waals surface area contributed by atoms with Gasteiger partial charge in [-0.15, -0.1) is 12.4 Å². The zero-order valence-electron chi connectivity index (χ0n) is 8.20. The van der Waals surface area contributed by atoms with E-state index >= 15 is 0 Å². The van der Waals surface area contributed by atoms with Gasteiger partial charge in [0.05, 0.1) is 12.6 Å². The molecule has 1 aliphatic rings. The smallest absolute Gasteiger partial charge is 0.228 e. The molecule has 2 heterocycles. The van der Waals surface area contributed by atoms with Crippen molar-refractivity contribution in [3.05, 3.63) is 12.7 Å². The molecule has 0 aromatic carbocycles. The minimum Gasteiger partial charge on any atom is -0.394 e. The summed E-state index contributed by atoms with van der Waals surface area (Å²) in [7, 11) is 0. The van der Waals surface area contributed by atoms with Gasteiger partial charge in [0, 0.05) is 19.6 Å². The quantitative estimate of drug-likeness (QED) is 0.685. The first-order valence-corrected chi connectivity index (χ1v) is 4.62. The SMILES string of the molecule is Cl.OC[C@H]1CNCCN1c1ncncn1. The molecule has 0 unspecified atom stereocenters. The van der Waals surface area contributed by atoms with Crippen molar-refractivity contribution in [2.75, 3.05) is 31.1 Å². The molecule has 1 aromatic rings. The molecule has 1 aliphatic heterocycles. The molecule has 1 fully saturated rings. The molecule has 15 heavy (non-hydrogen) atoms. The number of nitrogens with zero attached hydrogens (tertiary/aromatic N) is 4. The van der Waals surface area contributed by atoms with Crippen molar-refractivity contribution < 1.29 is 5.11 Å². The molecule has 0 radical (unpaired) electrons. The molecule has 7 heteroatoms. The van der Waals surface area contributed by atoms with Crippen LogP contribution in [0, 0.1) is 0 Å². The molecule has 0 saturated carbocycles. The van der Waals surface area contributed by atoms with E-state index in [9.17, 15) is 0 Å². The molecule has 0 bridgehead atoms. The van der Waals surface area contributed by atoms with Crippen LogP contribution >= 0.6 is 12.4 Å². The second-order valence-electron chi connectivity index (χ2n) is 3.17. The predicted molar refractivity (Wildman–Crippen MR) is 58.2 cm³/mol. The fraction of sp³-hybridized carbons (Fsp3) is 0.625. The molecule has 0 aliphatic carbocycles. The summed E-state index contributed by atoms with van der Waals surface area (Å²) in [4.78, 5) is 13.9. The fourth-order valence-electron chi connectivity index (χ4n) is 1.57. The monoisotopic (exact) mass is 231 g/mol. The van der Waals surface area contributed by atoms with Crippen molar-refractivity contribution in [2.45, 2.75) is 6.04 Å². The molecule has 1 atom stereocenters. The Balaban J connectivity index is 0.00000112. The zero-order valence-corrected chi connectivity index (χ0v) is 9.02. The lowest BCUT2D eigenvalue weighted by Crippen LogP contribution is -2.53. The summed E-state index contributed by atoms with van der Waals surface area (Å²) in [5.41, 5.74) is 0. The van der Waals surface area contributed by atoms with Crippen molar-refractivity contribution in [1.82, 2.24) is 20.3 Å². The van der Waals surface area contributed by atoms with Crippen LogP contribution in [-0.4, -0.2) is 52.3 Å². The molecule has 84 valence electrons. The number of nitrogens with one attached hydrogen (secondary N) is 1. The maximum atomic E-state index is 9.17. The van der Waals surface area contributed by atoms with E-state index in [0.29, 0.717) is 5.95 Å². The van der Waals surface area contributed by atoms with Crippen molar-refractivity contribution in [1.29, 1.82) is 0 Å². The number of hydrogen-bond acceptors (Lipinski definition) is 6. The Kier molecular flexibility index (Phi) is 4.67. The van der Waals surface area contributed by atoms with Crippen LogP contribution in [0.4, 0.5) is 5.95 Å². The van der Waals surface area contributed by atoms with Gasteiger partial charge in [-0.1, -0.05) is 0 Å². The maximum absolute atomic E-state index is 9.17. The van der Waals surface area contributed by atoms with Gasteiger partial charge < -0.3 is 15.3 Å². The van der Waals surface area contributed by atoms with Crippen LogP contribution in [0.2, 0.25) is 0 Å². The van der Waals surface area contributed by atoms with Crippen LogP contribution in [0.3, 0.4) is 0 Å². The molecule has 6 nitrogen and oxygen atoms in total. The number of piperazine rings is 1. The number of aromatic nitrogens is 3. The van der Waals surface area contributed by atoms with E-state index in [-0.39, 0.29) is 25.1 Å². The van der Waals surface area contributed by atoms with E-state index in [4.69, 9.17) is 5.11 Å². The summed E-state index contributed by atoms with van der Waals surface area (Å²) in [6.07, 6.45) is 2.94. The van der Waals surface area contributed by atoms with E-state index in [1.54, 1.807) is 0 Å². The van der Waals surface area contributed by atoms with Crippen LogP contribution < -0.4 is 10.2 Å². The topological polar surface area (TPSA) is 74.2 Å². The van der Waals surface area contributed by atoms with Gasteiger partial charge in [-0.05, 0) is 0 Å². The average molecular weight is 232 g/mol. The highest BCUT2D eigenvalue weighted by Gasteiger charge is 2.23. The number of hydrogen-bond donors (Lipinski definition) is 2. The third kappa shape index (κ3) is 2.74. The van der Waals surface area contributed by atoms with Crippen LogP contribution in [0.5, 0.6) is 0 Å². The average Bonchev–Trinajstić information content (AvgIpc) is 2.30. The molecule has 1 aromatic heterocycles. The number of anilines is 1. The molecule has 0 spiro atoms. The van der Waals surface area contributed by atoms with Gasteiger partial charge >= 0.3 is 0 Å². The number of rotatable bonds is 2. The van der Waals surface area contributed by atoms with E-state index in [2.05, 4.69) is 20.3 Å². The van der Waals surface area contributed by atoms with Gasteiger partial charge in [0.25, 0.3) is 0 Å². The molecule has 2 N–H and O–H groups in total. The lowest BCUT2D eigenvalue weighted by atomic mass is 10.2. The van der Waals surface area contributed by atoms with Gasteiger partial charge in [-0.25, -0.2) is 15.0 Å². The highest BCUT2D eigenvalue weighted by Crippen LogP contribution is 2.10. The highest BCUT2D eigenvalue weighted by molar-refractivity contribution is 5.85. The van der Waals surface area contributed by atoms with Gasteiger partial charge in [-0.2, -0.15) is 0 Å². The Labute approximate surface area is 94.2 Å². The predicted octanol–water partition coefficient (Wildman–Crippen LogP) is -0.936. The van der Waals surface area contributed by atoms with E-state index in [1.165, 1.54) is 12.7 Å². The molecular formula is C8H14ClN5O. The number of halogens is 1. The van der Waals surface area contributed by atoms with Crippen molar-refractivity contribution >= 4 is 18.4 Å². The second kappa shape index (κ2) is 5.79. The van der Waals surface area contributed by atoms with Crippen LogP contribution in [0.25, 0.3) is 0 Å². The van der Waals surface area contributed by atoms with Crippen LogP contribution in [-0.2, 0) is 0 Å². The second-order valence-corrected chi connectivity index (χ2v) is 3.17. The molecule has 2 rings (SSSR count). The van der Waals surface area contributed by atoms with Crippen molar-refractivity contribution in [3.8, 4) is 0 Å². The summed E-state index contributed by atoms with van der Waals surface area (Å²) in [6, 6.07) is 0.0612. The van der Waals surface area contributed by atoms with Gasteiger partial charge in [0.1, 0.15) is 12.7 Å². The largest absolute Gasteiger partial charge is 0.394 e. The van der Waals surface area contributed by atoms with E-state index < -0.39 is 0 Å². The first-order chi connectivity index (χ1) is 6.92. The lowest BCUT2D eigenvalue weighted by molar-refractivity contribution is 0.245.